The summed E-state index contributed by atoms with van der Waals surface area (Å²) in [7, 11) is 0. The zero-order valence-corrected chi connectivity index (χ0v) is 7.57. The van der Waals surface area contributed by atoms with Gasteiger partial charge >= 0.3 is 0 Å². The molecule has 0 heteroatoms. The second-order valence-electron chi connectivity index (χ2n) is 3.85. The molecule has 0 amide bonds. The Bertz CT molecular complexity index is 151. The van der Waals surface area contributed by atoms with E-state index in [9.17, 15) is 0 Å². The third-order valence-corrected chi connectivity index (χ3v) is 2.86. The predicted octanol–water partition coefficient (Wildman–Crippen LogP) is 3.39. The van der Waals surface area contributed by atoms with Crippen molar-refractivity contribution in [3.05, 3.63) is 11.1 Å². The Morgan fingerprint density at radius 1 is 1.30 bits per heavy atom. The molecule has 0 spiro atoms. The molecule has 0 aromatic carbocycles. The van der Waals surface area contributed by atoms with Crippen LogP contribution in [0.15, 0.2) is 11.1 Å². The van der Waals surface area contributed by atoms with Gasteiger partial charge in [0.25, 0.3) is 0 Å². The molecule has 0 bridgehead atoms. The molecule has 0 radical (unpaired) electrons. The van der Waals surface area contributed by atoms with Gasteiger partial charge in [0.1, 0.15) is 0 Å². The van der Waals surface area contributed by atoms with Crippen molar-refractivity contribution in [3.63, 3.8) is 0 Å². The second kappa shape index (κ2) is 2.77. The summed E-state index contributed by atoms with van der Waals surface area (Å²) in [6, 6.07) is 0. The van der Waals surface area contributed by atoms with Gasteiger partial charge in [-0.1, -0.05) is 25.0 Å². The summed E-state index contributed by atoms with van der Waals surface area (Å²) in [5, 5.41) is 0. The van der Waals surface area contributed by atoms with Crippen LogP contribution in [0.25, 0.3) is 0 Å². The summed E-state index contributed by atoms with van der Waals surface area (Å²) < 4.78 is 0. The van der Waals surface area contributed by atoms with Crippen molar-refractivity contribution in [2.24, 2.45) is 11.8 Å². The van der Waals surface area contributed by atoms with E-state index >= 15 is 0 Å². The molecule has 0 aromatic heterocycles. The molecule has 0 heterocycles. The highest BCUT2D eigenvalue weighted by molar-refractivity contribution is 5.19. The van der Waals surface area contributed by atoms with Gasteiger partial charge in [-0.05, 0) is 38.5 Å². The monoisotopic (exact) mass is 138 g/mol. The maximum Gasteiger partial charge on any atom is -0.0177 e. The van der Waals surface area contributed by atoms with Crippen LogP contribution in [0.5, 0.6) is 0 Å². The molecule has 0 saturated heterocycles. The van der Waals surface area contributed by atoms with Crippen LogP contribution in [-0.4, -0.2) is 0 Å². The van der Waals surface area contributed by atoms with Crippen LogP contribution in [0.3, 0.4) is 0 Å². The van der Waals surface area contributed by atoms with E-state index in [0.717, 1.165) is 11.8 Å². The minimum Gasteiger partial charge on any atom is -0.0741 e. The summed E-state index contributed by atoms with van der Waals surface area (Å²) in [5.74, 6) is 1.73. The molecule has 0 nitrogen and oxygen atoms in total. The number of hydrogen-bond donors (Lipinski definition) is 0. The van der Waals surface area contributed by atoms with Crippen LogP contribution in [0.4, 0.5) is 0 Å². The van der Waals surface area contributed by atoms with Crippen LogP contribution >= 0.6 is 0 Å². The summed E-state index contributed by atoms with van der Waals surface area (Å²) in [5.41, 5.74) is 3.30. The van der Waals surface area contributed by atoms with Crippen molar-refractivity contribution in [3.8, 4) is 0 Å². The van der Waals surface area contributed by atoms with Crippen molar-refractivity contribution in [2.75, 3.05) is 0 Å². The molecule has 1 aliphatic rings. The molecule has 10 heavy (non-hydrogen) atoms. The highest BCUT2D eigenvalue weighted by Crippen LogP contribution is 2.35. The summed E-state index contributed by atoms with van der Waals surface area (Å²) in [4.78, 5) is 0. The summed E-state index contributed by atoms with van der Waals surface area (Å²) >= 11 is 0. The van der Waals surface area contributed by atoms with Gasteiger partial charge in [-0.25, -0.2) is 0 Å². The van der Waals surface area contributed by atoms with Crippen LogP contribution in [0, 0.1) is 11.8 Å². The topological polar surface area (TPSA) is 0 Å². The Kier molecular flexibility index (Phi) is 2.18. The van der Waals surface area contributed by atoms with Crippen molar-refractivity contribution in [1.29, 1.82) is 0 Å². The standard InChI is InChI=1S/C10H18/c1-7(2)10-6-5-8(3)9(10)4/h7,10H,5-6H2,1-4H3/t10-/m1/s1. The lowest BCUT2D eigenvalue weighted by atomic mass is 9.90. The van der Waals surface area contributed by atoms with Crippen molar-refractivity contribution >= 4 is 0 Å². The summed E-state index contributed by atoms with van der Waals surface area (Å²) in [6.45, 7) is 9.23. The Labute approximate surface area is 64.3 Å². The van der Waals surface area contributed by atoms with Crippen molar-refractivity contribution < 1.29 is 0 Å². The Balaban J connectivity index is 2.68. The average Bonchev–Trinajstić information content (AvgIpc) is 2.14. The highest BCUT2D eigenvalue weighted by atomic mass is 14.3. The molecular weight excluding hydrogens is 120 g/mol. The number of hydrogen-bond acceptors (Lipinski definition) is 0. The molecule has 0 fully saturated rings. The third-order valence-electron chi connectivity index (χ3n) is 2.86. The second-order valence-corrected chi connectivity index (χ2v) is 3.85. The molecule has 0 aromatic rings. The smallest absolute Gasteiger partial charge is 0.0177 e. The number of rotatable bonds is 1. The fourth-order valence-electron chi connectivity index (χ4n) is 1.94. The predicted molar refractivity (Wildman–Crippen MR) is 45.9 cm³/mol. The van der Waals surface area contributed by atoms with E-state index in [1.807, 2.05) is 0 Å². The van der Waals surface area contributed by atoms with Crippen LogP contribution in [0.2, 0.25) is 0 Å². The first-order valence-electron chi connectivity index (χ1n) is 4.29. The first-order valence-corrected chi connectivity index (χ1v) is 4.29. The maximum absolute atomic E-state index is 2.33. The van der Waals surface area contributed by atoms with Crippen LogP contribution in [0.1, 0.15) is 40.5 Å². The van der Waals surface area contributed by atoms with E-state index in [4.69, 9.17) is 0 Å². The summed E-state index contributed by atoms with van der Waals surface area (Å²) in [6.07, 6.45) is 2.74. The lowest BCUT2D eigenvalue weighted by molar-refractivity contribution is 0.440. The van der Waals surface area contributed by atoms with Gasteiger partial charge in [0.2, 0.25) is 0 Å². The van der Waals surface area contributed by atoms with Crippen LogP contribution in [-0.2, 0) is 0 Å². The van der Waals surface area contributed by atoms with E-state index in [-0.39, 0.29) is 0 Å². The highest BCUT2D eigenvalue weighted by Gasteiger charge is 2.21. The first-order chi connectivity index (χ1) is 4.63. The molecule has 58 valence electrons. The van der Waals surface area contributed by atoms with Gasteiger partial charge in [-0.2, -0.15) is 0 Å². The fraction of sp³-hybridized carbons (Fsp3) is 0.800. The van der Waals surface area contributed by atoms with Gasteiger partial charge in [0, 0.05) is 0 Å². The fourth-order valence-corrected chi connectivity index (χ4v) is 1.94. The Hall–Kier alpha value is -0.260. The van der Waals surface area contributed by atoms with Gasteiger partial charge < -0.3 is 0 Å². The molecule has 0 N–H and O–H groups in total. The minimum absolute atomic E-state index is 0.845. The van der Waals surface area contributed by atoms with Gasteiger partial charge in [-0.15, -0.1) is 0 Å². The van der Waals surface area contributed by atoms with E-state index < -0.39 is 0 Å². The largest absolute Gasteiger partial charge is 0.0741 e. The van der Waals surface area contributed by atoms with E-state index in [0.29, 0.717) is 0 Å². The number of allylic oxidation sites excluding steroid dienone is 2. The normalized spacial score (nSPS) is 26.7. The van der Waals surface area contributed by atoms with Gasteiger partial charge in [-0.3, -0.25) is 0 Å². The Morgan fingerprint density at radius 3 is 2.10 bits per heavy atom. The molecule has 0 unspecified atom stereocenters. The van der Waals surface area contributed by atoms with Crippen LogP contribution < -0.4 is 0 Å². The SMILES string of the molecule is CC1=C(C)[C@@H](C(C)C)CC1. The van der Waals surface area contributed by atoms with Crippen molar-refractivity contribution in [1.82, 2.24) is 0 Å². The van der Waals surface area contributed by atoms with Gasteiger partial charge in [0.05, 0.1) is 0 Å². The molecule has 0 aliphatic heterocycles. The average molecular weight is 138 g/mol. The Morgan fingerprint density at radius 2 is 1.90 bits per heavy atom. The minimum atomic E-state index is 0.845. The third kappa shape index (κ3) is 1.25. The lowest BCUT2D eigenvalue weighted by Crippen LogP contribution is -2.05. The zero-order valence-electron chi connectivity index (χ0n) is 7.57. The van der Waals surface area contributed by atoms with E-state index in [2.05, 4.69) is 27.7 Å². The molecule has 1 rings (SSSR count). The first kappa shape index (κ1) is 7.84. The molecule has 1 atom stereocenters. The quantitative estimate of drug-likeness (QED) is 0.487. The lowest BCUT2D eigenvalue weighted by Gasteiger charge is -2.15. The maximum atomic E-state index is 2.33. The van der Waals surface area contributed by atoms with E-state index in [1.54, 1.807) is 11.1 Å². The molecular formula is C10H18. The molecule has 0 saturated carbocycles. The van der Waals surface area contributed by atoms with E-state index in [1.165, 1.54) is 12.8 Å². The molecule has 1 aliphatic carbocycles. The van der Waals surface area contributed by atoms with Gasteiger partial charge in [0.15, 0.2) is 0 Å². The zero-order chi connectivity index (χ0) is 7.72. The van der Waals surface area contributed by atoms with Crippen molar-refractivity contribution in [2.45, 2.75) is 40.5 Å².